The fourth-order valence-corrected chi connectivity index (χ4v) is 2.66. The minimum Gasteiger partial charge on any atom is -0.396 e. The summed E-state index contributed by atoms with van der Waals surface area (Å²) in [5.41, 5.74) is -0.614. The molecule has 21 heavy (non-hydrogen) atoms. The highest BCUT2D eigenvalue weighted by atomic mass is 16.3. The molecule has 1 unspecified atom stereocenters. The molecule has 4 atom stereocenters. The molecular formula is C13H16N4O4. The average molecular weight is 292 g/mol. The van der Waals surface area contributed by atoms with Crippen LogP contribution in [-0.4, -0.2) is 38.4 Å². The van der Waals surface area contributed by atoms with Gasteiger partial charge < -0.3 is 15.5 Å². The topological polar surface area (TPSA) is 128 Å². The van der Waals surface area contributed by atoms with Crippen LogP contribution in [0.25, 0.3) is 0 Å². The Kier molecular flexibility index (Phi) is 4.35. The number of nitrogens with zero attached hydrogens (tertiary/aromatic N) is 3. The summed E-state index contributed by atoms with van der Waals surface area (Å²) in [4.78, 5) is 26.7. The number of aliphatic hydroxyl groups is 2. The number of aromatic nitrogens is 2. The highest BCUT2D eigenvalue weighted by molar-refractivity contribution is 5.87. The minimum atomic E-state index is -0.980. The van der Waals surface area contributed by atoms with Crippen LogP contribution >= 0.6 is 0 Å². The third-order valence-electron chi connectivity index (χ3n) is 3.68. The molecule has 3 N–H and O–H groups in total. The van der Waals surface area contributed by atoms with Crippen molar-refractivity contribution in [2.45, 2.75) is 25.5 Å². The monoisotopic (exact) mass is 292 g/mol. The van der Waals surface area contributed by atoms with Gasteiger partial charge in [-0.1, -0.05) is 0 Å². The van der Waals surface area contributed by atoms with Crippen LogP contribution in [0.5, 0.6) is 0 Å². The van der Waals surface area contributed by atoms with Crippen LogP contribution in [0.4, 0.5) is 5.82 Å². The van der Waals surface area contributed by atoms with Gasteiger partial charge in [-0.05, 0) is 12.5 Å². The van der Waals surface area contributed by atoms with Gasteiger partial charge >= 0.3 is 5.69 Å². The molecule has 1 amide bonds. The smallest absolute Gasteiger partial charge is 0.349 e. The summed E-state index contributed by atoms with van der Waals surface area (Å²) in [5, 5.41) is 30.7. The summed E-state index contributed by atoms with van der Waals surface area (Å²) < 4.78 is 1.26. The zero-order valence-electron chi connectivity index (χ0n) is 11.4. The van der Waals surface area contributed by atoms with Crippen LogP contribution in [-0.2, 0) is 4.79 Å². The van der Waals surface area contributed by atoms with E-state index in [4.69, 9.17) is 5.26 Å². The van der Waals surface area contributed by atoms with E-state index in [1.807, 2.05) is 6.07 Å². The molecule has 1 fully saturated rings. The Morgan fingerprint density at radius 1 is 1.67 bits per heavy atom. The van der Waals surface area contributed by atoms with Crippen molar-refractivity contribution in [1.29, 1.82) is 5.26 Å². The number of hydrogen-bond donors (Lipinski definition) is 3. The second kappa shape index (κ2) is 6.03. The lowest BCUT2D eigenvalue weighted by Crippen LogP contribution is -2.31. The van der Waals surface area contributed by atoms with Crippen LogP contribution < -0.4 is 11.0 Å². The first kappa shape index (κ1) is 15.2. The molecule has 8 heteroatoms. The molecule has 0 saturated heterocycles. The number of anilines is 1. The Morgan fingerprint density at radius 3 is 2.90 bits per heavy atom. The molecule has 1 saturated carbocycles. The minimum absolute atomic E-state index is 0.134. The summed E-state index contributed by atoms with van der Waals surface area (Å²) in [6.45, 7) is 1.06. The van der Waals surface area contributed by atoms with Crippen LogP contribution in [0, 0.1) is 23.2 Å². The molecule has 0 spiro atoms. The maximum Gasteiger partial charge on any atom is 0.349 e. The Morgan fingerprint density at radius 2 is 2.38 bits per heavy atom. The second-order valence-corrected chi connectivity index (χ2v) is 5.07. The molecule has 0 radical (unpaired) electrons. The van der Waals surface area contributed by atoms with E-state index in [2.05, 4.69) is 10.3 Å². The molecule has 1 aliphatic carbocycles. The van der Waals surface area contributed by atoms with Crippen LogP contribution in [0.2, 0.25) is 0 Å². The molecule has 1 aliphatic rings. The number of nitriles is 1. The van der Waals surface area contributed by atoms with E-state index in [1.165, 1.54) is 23.8 Å². The van der Waals surface area contributed by atoms with Gasteiger partial charge in [0.05, 0.1) is 24.1 Å². The molecule has 1 aromatic heterocycles. The normalized spacial score (nSPS) is 28.1. The van der Waals surface area contributed by atoms with Crippen molar-refractivity contribution in [2.75, 3.05) is 11.9 Å². The van der Waals surface area contributed by atoms with Crippen molar-refractivity contribution < 1.29 is 15.0 Å². The first-order chi connectivity index (χ1) is 9.97. The first-order valence-electron chi connectivity index (χ1n) is 6.53. The molecular weight excluding hydrogens is 276 g/mol. The van der Waals surface area contributed by atoms with Crippen LogP contribution in [0.15, 0.2) is 17.1 Å². The average Bonchev–Trinajstić information content (AvgIpc) is 2.74. The fraction of sp³-hybridized carbons (Fsp3) is 0.538. The van der Waals surface area contributed by atoms with Crippen LogP contribution in [0.1, 0.15) is 19.4 Å². The summed E-state index contributed by atoms with van der Waals surface area (Å²) in [6, 6.07) is 2.89. The molecule has 0 aliphatic heterocycles. The zero-order chi connectivity index (χ0) is 15.6. The van der Waals surface area contributed by atoms with Gasteiger partial charge in [-0.2, -0.15) is 10.2 Å². The Labute approximate surface area is 120 Å². The SMILES string of the molecule is CC(=O)Nc1ccn(C2C[C@H](CO)[C@@H](O)[C@@H]2C#N)c(=O)n1. The molecule has 2 rings (SSSR count). The van der Waals surface area contributed by atoms with Gasteiger partial charge in [0.25, 0.3) is 0 Å². The van der Waals surface area contributed by atoms with E-state index < -0.39 is 29.7 Å². The van der Waals surface area contributed by atoms with Crippen molar-refractivity contribution >= 4 is 11.7 Å². The number of amides is 1. The molecule has 8 nitrogen and oxygen atoms in total. The van der Waals surface area contributed by atoms with Crippen molar-refractivity contribution in [2.24, 2.45) is 11.8 Å². The maximum atomic E-state index is 12.0. The molecule has 0 bridgehead atoms. The van der Waals surface area contributed by atoms with Gasteiger partial charge in [-0.3, -0.25) is 9.36 Å². The number of hydrogen-bond acceptors (Lipinski definition) is 6. The number of nitrogens with one attached hydrogen (secondary N) is 1. The predicted molar refractivity (Wildman–Crippen MR) is 72.1 cm³/mol. The fourth-order valence-electron chi connectivity index (χ4n) is 2.66. The highest BCUT2D eigenvalue weighted by Gasteiger charge is 2.43. The van der Waals surface area contributed by atoms with Crippen LogP contribution in [0.3, 0.4) is 0 Å². The second-order valence-electron chi connectivity index (χ2n) is 5.07. The van der Waals surface area contributed by atoms with Gasteiger partial charge in [0.1, 0.15) is 5.82 Å². The van der Waals surface area contributed by atoms with Gasteiger partial charge in [0, 0.05) is 25.6 Å². The highest BCUT2D eigenvalue weighted by Crippen LogP contribution is 2.38. The van der Waals surface area contributed by atoms with Crippen molar-refractivity contribution in [1.82, 2.24) is 9.55 Å². The summed E-state index contributed by atoms with van der Waals surface area (Å²) in [5.74, 6) is -1.43. The van der Waals surface area contributed by atoms with Gasteiger partial charge in [-0.15, -0.1) is 0 Å². The third kappa shape index (κ3) is 2.94. The third-order valence-corrected chi connectivity index (χ3v) is 3.68. The standard InChI is InChI=1S/C13H16N4O4/c1-7(19)15-11-2-3-17(13(21)16-11)10-4-8(6-18)12(20)9(10)5-14/h2-3,8-10,12,18,20H,4,6H2,1H3,(H,15,16,19,21)/t8-,9-,10?,12-/m1/s1. The number of rotatable bonds is 3. The van der Waals surface area contributed by atoms with E-state index in [0.717, 1.165) is 0 Å². The quantitative estimate of drug-likeness (QED) is 0.672. The van der Waals surface area contributed by atoms with Crippen molar-refractivity contribution in [3.05, 3.63) is 22.7 Å². The number of aliphatic hydroxyl groups excluding tert-OH is 2. The van der Waals surface area contributed by atoms with Gasteiger partial charge in [0.2, 0.25) is 5.91 Å². The first-order valence-corrected chi connectivity index (χ1v) is 6.53. The van der Waals surface area contributed by atoms with E-state index in [0.29, 0.717) is 6.42 Å². The number of carbonyl (C=O) groups excluding carboxylic acids is 1. The lowest BCUT2D eigenvalue weighted by molar-refractivity contribution is -0.114. The summed E-state index contributed by atoms with van der Waals surface area (Å²) in [7, 11) is 0. The van der Waals surface area contributed by atoms with E-state index in [-0.39, 0.29) is 18.3 Å². The lowest BCUT2D eigenvalue weighted by Gasteiger charge is -2.17. The lowest BCUT2D eigenvalue weighted by atomic mass is 10.0. The van der Waals surface area contributed by atoms with Crippen molar-refractivity contribution in [3.8, 4) is 6.07 Å². The van der Waals surface area contributed by atoms with E-state index in [9.17, 15) is 19.8 Å². The molecule has 0 aromatic carbocycles. The number of carbonyl (C=O) groups is 1. The Hall–Kier alpha value is -2.24. The van der Waals surface area contributed by atoms with Gasteiger partial charge in [0.15, 0.2) is 0 Å². The zero-order valence-corrected chi connectivity index (χ0v) is 11.4. The Bertz CT molecular complexity index is 636. The van der Waals surface area contributed by atoms with E-state index >= 15 is 0 Å². The molecule has 1 aromatic rings. The Balaban J connectivity index is 2.32. The summed E-state index contributed by atoms with van der Waals surface area (Å²) in [6.07, 6.45) is 0.769. The molecule has 112 valence electrons. The van der Waals surface area contributed by atoms with E-state index in [1.54, 1.807) is 0 Å². The van der Waals surface area contributed by atoms with Gasteiger partial charge in [-0.25, -0.2) is 4.79 Å². The maximum absolute atomic E-state index is 12.0. The predicted octanol–water partition coefficient (Wildman–Crippen LogP) is -0.744. The largest absolute Gasteiger partial charge is 0.396 e. The summed E-state index contributed by atoms with van der Waals surface area (Å²) >= 11 is 0. The molecule has 1 heterocycles. The van der Waals surface area contributed by atoms with Crippen molar-refractivity contribution in [3.63, 3.8) is 0 Å².